The number of β-amino-alcohol motifs (C(OH)–C–C–N with tert-alkyl or cyclic N) is 2. The van der Waals surface area contributed by atoms with Gasteiger partial charge in [-0.3, -0.25) is 4.79 Å². The van der Waals surface area contributed by atoms with Gasteiger partial charge in [-0.1, -0.05) is 19.3 Å². The molecule has 0 bridgehead atoms. The van der Waals surface area contributed by atoms with Crippen LogP contribution in [0.1, 0.15) is 32.1 Å². The van der Waals surface area contributed by atoms with E-state index in [9.17, 15) is 15.0 Å². The molecule has 4 N–H and O–H groups in total. The number of hydrogen-bond donors (Lipinski definition) is 3. The van der Waals surface area contributed by atoms with Crippen LogP contribution in [-0.2, 0) is 4.79 Å². The van der Waals surface area contributed by atoms with Crippen LogP contribution in [0.15, 0.2) is 0 Å². The lowest BCUT2D eigenvalue weighted by molar-refractivity contribution is -0.143. The van der Waals surface area contributed by atoms with E-state index in [0.29, 0.717) is 6.54 Å². The van der Waals surface area contributed by atoms with Crippen LogP contribution in [0.2, 0.25) is 0 Å². The van der Waals surface area contributed by atoms with Gasteiger partial charge in [0.25, 0.3) is 0 Å². The smallest absolute Gasteiger partial charge is 0.230 e. The molecule has 5 heteroatoms. The van der Waals surface area contributed by atoms with Crippen molar-refractivity contribution in [2.75, 3.05) is 19.6 Å². The molecule has 1 saturated carbocycles. The molecule has 0 aromatic heterocycles. The van der Waals surface area contributed by atoms with Crippen molar-refractivity contribution in [3.05, 3.63) is 0 Å². The van der Waals surface area contributed by atoms with Gasteiger partial charge in [-0.25, -0.2) is 0 Å². The Morgan fingerprint density at radius 1 is 1.18 bits per heavy atom. The van der Waals surface area contributed by atoms with Gasteiger partial charge in [-0.15, -0.1) is 0 Å². The quantitative estimate of drug-likeness (QED) is 0.607. The first-order valence-corrected chi connectivity index (χ1v) is 6.45. The maximum Gasteiger partial charge on any atom is 0.230 e. The topological polar surface area (TPSA) is 86.8 Å². The van der Waals surface area contributed by atoms with Crippen LogP contribution >= 0.6 is 0 Å². The van der Waals surface area contributed by atoms with Gasteiger partial charge < -0.3 is 20.8 Å². The number of carbonyl (C=O) groups excluding carboxylic acids is 1. The Bertz CT molecular complexity index is 279. The summed E-state index contributed by atoms with van der Waals surface area (Å²) in [7, 11) is 0. The number of hydrogen-bond acceptors (Lipinski definition) is 4. The molecule has 2 fully saturated rings. The van der Waals surface area contributed by atoms with E-state index < -0.39 is 17.6 Å². The predicted octanol–water partition coefficient (Wildman–Crippen LogP) is -0.540. The minimum absolute atomic E-state index is 0.0234. The molecule has 1 aliphatic carbocycles. The molecule has 98 valence electrons. The van der Waals surface area contributed by atoms with E-state index in [1.165, 1.54) is 6.42 Å². The summed E-state index contributed by atoms with van der Waals surface area (Å²) in [6.07, 6.45) is 3.31. The van der Waals surface area contributed by atoms with E-state index >= 15 is 0 Å². The van der Waals surface area contributed by atoms with Crippen LogP contribution in [0.25, 0.3) is 0 Å². The largest absolute Gasteiger partial charge is 0.388 e. The lowest BCUT2D eigenvalue weighted by Crippen LogP contribution is -2.48. The zero-order valence-corrected chi connectivity index (χ0v) is 10.1. The van der Waals surface area contributed by atoms with E-state index in [1.807, 2.05) is 0 Å². The Hall–Kier alpha value is -0.650. The van der Waals surface area contributed by atoms with Crippen LogP contribution < -0.4 is 5.73 Å². The monoisotopic (exact) mass is 242 g/mol. The summed E-state index contributed by atoms with van der Waals surface area (Å²) < 4.78 is 0. The van der Waals surface area contributed by atoms with E-state index in [1.54, 1.807) is 4.90 Å². The molecule has 5 nitrogen and oxygen atoms in total. The first-order valence-electron chi connectivity index (χ1n) is 6.45. The van der Waals surface area contributed by atoms with Crippen LogP contribution in [0.3, 0.4) is 0 Å². The third-order valence-corrected chi connectivity index (χ3v) is 4.20. The molecule has 17 heavy (non-hydrogen) atoms. The zero-order valence-electron chi connectivity index (χ0n) is 10.1. The number of likely N-dealkylation sites (tertiary alicyclic amines) is 1. The van der Waals surface area contributed by atoms with Gasteiger partial charge in [-0.05, 0) is 12.8 Å². The third-order valence-electron chi connectivity index (χ3n) is 4.20. The van der Waals surface area contributed by atoms with Crippen LogP contribution in [0, 0.1) is 5.41 Å². The number of nitrogens with zero attached hydrogens (tertiary/aromatic N) is 1. The van der Waals surface area contributed by atoms with Crippen molar-refractivity contribution < 1.29 is 15.0 Å². The SMILES string of the molecule is NCC1(C(=O)N2C[C@@H](O)[C@@H](O)C2)CCCCC1. The summed E-state index contributed by atoms with van der Waals surface area (Å²) in [5.74, 6) is 0.0234. The second-order valence-corrected chi connectivity index (χ2v) is 5.39. The molecule has 0 aromatic rings. The highest BCUT2D eigenvalue weighted by Crippen LogP contribution is 2.37. The fraction of sp³-hybridized carbons (Fsp3) is 0.917. The maximum atomic E-state index is 12.5. The Labute approximate surface area is 102 Å². The summed E-state index contributed by atoms with van der Waals surface area (Å²) in [4.78, 5) is 14.0. The van der Waals surface area contributed by atoms with Crippen molar-refractivity contribution in [3.63, 3.8) is 0 Å². The number of carbonyl (C=O) groups is 1. The molecule has 0 radical (unpaired) electrons. The molecule has 1 aliphatic heterocycles. The van der Waals surface area contributed by atoms with Gasteiger partial charge in [0.05, 0.1) is 17.6 Å². The summed E-state index contributed by atoms with van der Waals surface area (Å²) in [6, 6.07) is 0. The summed E-state index contributed by atoms with van der Waals surface area (Å²) in [6.45, 7) is 0.845. The lowest BCUT2D eigenvalue weighted by Gasteiger charge is -2.37. The second-order valence-electron chi connectivity index (χ2n) is 5.39. The highest BCUT2D eigenvalue weighted by atomic mass is 16.3. The van der Waals surface area contributed by atoms with E-state index in [0.717, 1.165) is 25.7 Å². The Balaban J connectivity index is 2.07. The molecule has 0 unspecified atom stereocenters. The lowest BCUT2D eigenvalue weighted by atomic mass is 9.73. The van der Waals surface area contributed by atoms with Crippen molar-refractivity contribution in [2.24, 2.45) is 11.1 Å². The van der Waals surface area contributed by atoms with Crippen molar-refractivity contribution in [1.82, 2.24) is 4.90 Å². The van der Waals surface area contributed by atoms with Gasteiger partial charge in [0.2, 0.25) is 5.91 Å². The van der Waals surface area contributed by atoms with Gasteiger partial charge in [0.1, 0.15) is 0 Å². The van der Waals surface area contributed by atoms with E-state index in [-0.39, 0.29) is 19.0 Å². The van der Waals surface area contributed by atoms with Gasteiger partial charge in [0, 0.05) is 19.6 Å². The minimum Gasteiger partial charge on any atom is -0.388 e. The van der Waals surface area contributed by atoms with Gasteiger partial charge >= 0.3 is 0 Å². The van der Waals surface area contributed by atoms with Crippen molar-refractivity contribution in [2.45, 2.75) is 44.3 Å². The molecule has 1 heterocycles. The van der Waals surface area contributed by atoms with Gasteiger partial charge in [0.15, 0.2) is 0 Å². The molecule has 2 atom stereocenters. The summed E-state index contributed by atoms with van der Waals surface area (Å²) in [5.41, 5.74) is 5.36. The number of amides is 1. The number of rotatable bonds is 2. The fourth-order valence-corrected chi connectivity index (χ4v) is 3.00. The predicted molar refractivity (Wildman–Crippen MR) is 63.2 cm³/mol. The fourth-order valence-electron chi connectivity index (χ4n) is 3.00. The van der Waals surface area contributed by atoms with Crippen molar-refractivity contribution in [3.8, 4) is 0 Å². The molecular formula is C12H22N2O3. The average molecular weight is 242 g/mol. The number of aliphatic hydroxyl groups excluding tert-OH is 2. The number of nitrogens with two attached hydrogens (primary N) is 1. The van der Waals surface area contributed by atoms with Crippen LogP contribution in [0.4, 0.5) is 0 Å². The first kappa shape index (κ1) is 12.8. The molecule has 1 saturated heterocycles. The highest BCUT2D eigenvalue weighted by molar-refractivity contribution is 5.83. The molecule has 0 aromatic carbocycles. The van der Waals surface area contributed by atoms with E-state index in [2.05, 4.69) is 0 Å². The maximum absolute atomic E-state index is 12.5. The molecule has 2 rings (SSSR count). The highest BCUT2D eigenvalue weighted by Gasteiger charge is 2.44. The Morgan fingerprint density at radius 3 is 2.18 bits per heavy atom. The van der Waals surface area contributed by atoms with Crippen molar-refractivity contribution >= 4 is 5.91 Å². The average Bonchev–Trinajstić information content (AvgIpc) is 2.69. The molecule has 0 spiro atoms. The molecule has 2 aliphatic rings. The third kappa shape index (κ3) is 2.32. The summed E-state index contributed by atoms with van der Waals surface area (Å²) >= 11 is 0. The second kappa shape index (κ2) is 4.92. The number of aliphatic hydroxyl groups is 2. The Kier molecular flexibility index (Phi) is 3.70. The van der Waals surface area contributed by atoms with Crippen LogP contribution in [-0.4, -0.2) is 52.9 Å². The minimum atomic E-state index is -0.808. The first-order chi connectivity index (χ1) is 8.09. The summed E-state index contributed by atoms with van der Waals surface area (Å²) in [5, 5.41) is 19.0. The van der Waals surface area contributed by atoms with Gasteiger partial charge in [-0.2, -0.15) is 0 Å². The van der Waals surface area contributed by atoms with Crippen LogP contribution in [0.5, 0.6) is 0 Å². The Morgan fingerprint density at radius 2 is 1.71 bits per heavy atom. The molecular weight excluding hydrogens is 220 g/mol. The molecule has 1 amide bonds. The standard InChI is InChI=1S/C12H22N2O3/c13-8-12(4-2-1-3-5-12)11(17)14-6-9(15)10(16)7-14/h9-10,15-16H,1-8,13H2/t9-,10+. The normalized spacial score (nSPS) is 32.8. The van der Waals surface area contributed by atoms with Crippen molar-refractivity contribution in [1.29, 1.82) is 0 Å². The zero-order chi connectivity index (χ0) is 12.5. The van der Waals surface area contributed by atoms with E-state index in [4.69, 9.17) is 5.73 Å².